The molecule has 1 heterocycles. The monoisotopic (exact) mass is 395 g/mol. The fraction of sp³-hybridized carbons (Fsp3) is 0.0833. The number of nitrogens with zero attached hydrogens (tertiary/aromatic N) is 1. The van der Waals surface area contributed by atoms with E-state index in [1.54, 1.807) is 6.07 Å². The van der Waals surface area contributed by atoms with Gasteiger partial charge >= 0.3 is 6.18 Å². The van der Waals surface area contributed by atoms with E-state index in [0.29, 0.717) is 10.7 Å². The van der Waals surface area contributed by atoms with Gasteiger partial charge in [-0.3, -0.25) is 5.43 Å². The van der Waals surface area contributed by atoms with Gasteiger partial charge in [-0.1, -0.05) is 22.0 Å². The zero-order valence-electron chi connectivity index (χ0n) is 10.7. The lowest BCUT2D eigenvalue weighted by atomic mass is 10.3. The number of sulfonamides is 1. The van der Waals surface area contributed by atoms with Crippen LogP contribution >= 0.6 is 15.9 Å². The van der Waals surface area contributed by atoms with Crippen LogP contribution in [-0.4, -0.2) is 13.4 Å². The van der Waals surface area contributed by atoms with Gasteiger partial charge in [0.2, 0.25) is 0 Å². The predicted octanol–water partition coefficient (Wildman–Crippen LogP) is 3.17. The molecule has 5 nitrogen and oxygen atoms in total. The van der Waals surface area contributed by atoms with Crippen LogP contribution in [0.1, 0.15) is 5.56 Å². The third-order valence-corrected chi connectivity index (χ3v) is 4.25. The Balaban J connectivity index is 2.09. The summed E-state index contributed by atoms with van der Waals surface area (Å²) in [5.74, 6) is -0.0634. The number of benzene rings is 1. The molecular weight excluding hydrogens is 387 g/mol. The Labute approximate surface area is 132 Å². The normalized spacial score (nSPS) is 12.2. The molecule has 0 saturated heterocycles. The minimum absolute atomic E-state index is 0.0127. The van der Waals surface area contributed by atoms with Crippen molar-refractivity contribution in [1.29, 1.82) is 0 Å². The van der Waals surface area contributed by atoms with Crippen molar-refractivity contribution in [3.8, 4) is 0 Å². The highest BCUT2D eigenvalue weighted by Crippen LogP contribution is 2.28. The summed E-state index contributed by atoms with van der Waals surface area (Å²) in [5.41, 5.74) is 1.33. The number of nitrogens with one attached hydrogen (secondary N) is 2. The van der Waals surface area contributed by atoms with E-state index in [2.05, 4.69) is 26.3 Å². The molecule has 0 amide bonds. The first-order valence-corrected chi connectivity index (χ1v) is 8.03. The zero-order valence-corrected chi connectivity index (χ0v) is 13.1. The molecule has 0 radical (unpaired) electrons. The van der Waals surface area contributed by atoms with Gasteiger partial charge in [0.25, 0.3) is 10.0 Å². The summed E-state index contributed by atoms with van der Waals surface area (Å²) in [4.78, 5) is 5.51. The Bertz CT molecular complexity index is 764. The molecule has 0 fully saturated rings. The number of hydrazine groups is 1. The SMILES string of the molecule is O=S(=O)(NNc1ccc(C(F)(F)F)cn1)c1cccc(Br)c1. The maximum absolute atomic E-state index is 12.4. The number of pyridine rings is 1. The minimum atomic E-state index is -4.50. The van der Waals surface area contributed by atoms with Crippen molar-refractivity contribution in [2.24, 2.45) is 0 Å². The summed E-state index contributed by atoms with van der Waals surface area (Å²) >= 11 is 3.15. The van der Waals surface area contributed by atoms with Gasteiger partial charge in [-0.25, -0.2) is 13.4 Å². The highest BCUT2D eigenvalue weighted by Gasteiger charge is 2.30. The van der Waals surface area contributed by atoms with Crippen molar-refractivity contribution in [1.82, 2.24) is 9.82 Å². The van der Waals surface area contributed by atoms with Crippen LogP contribution in [0.25, 0.3) is 0 Å². The molecule has 118 valence electrons. The second kappa shape index (κ2) is 6.23. The lowest BCUT2D eigenvalue weighted by Crippen LogP contribution is -2.30. The largest absolute Gasteiger partial charge is 0.417 e. The van der Waals surface area contributed by atoms with E-state index in [9.17, 15) is 21.6 Å². The van der Waals surface area contributed by atoms with Crippen molar-refractivity contribution in [2.75, 3.05) is 5.43 Å². The fourth-order valence-electron chi connectivity index (χ4n) is 1.45. The summed E-state index contributed by atoms with van der Waals surface area (Å²) in [6.07, 6.45) is -3.89. The Morgan fingerprint density at radius 3 is 2.41 bits per heavy atom. The van der Waals surface area contributed by atoms with Crippen LogP contribution in [0.5, 0.6) is 0 Å². The summed E-state index contributed by atoms with van der Waals surface area (Å²) in [6.45, 7) is 0. The molecule has 0 spiro atoms. The van der Waals surface area contributed by atoms with Crippen LogP contribution in [0.15, 0.2) is 52.0 Å². The lowest BCUT2D eigenvalue weighted by molar-refractivity contribution is -0.137. The van der Waals surface area contributed by atoms with E-state index in [1.807, 2.05) is 4.83 Å². The van der Waals surface area contributed by atoms with Crippen LogP contribution in [0.2, 0.25) is 0 Å². The van der Waals surface area contributed by atoms with Crippen LogP contribution < -0.4 is 10.3 Å². The van der Waals surface area contributed by atoms with E-state index in [1.165, 1.54) is 18.2 Å². The molecule has 1 aromatic carbocycles. The van der Waals surface area contributed by atoms with E-state index >= 15 is 0 Å². The second-order valence-electron chi connectivity index (χ2n) is 4.12. The molecule has 0 aliphatic heterocycles. The number of alkyl halides is 3. The van der Waals surface area contributed by atoms with Gasteiger partial charge in [0.1, 0.15) is 5.82 Å². The maximum atomic E-state index is 12.4. The quantitative estimate of drug-likeness (QED) is 0.779. The summed E-state index contributed by atoms with van der Waals surface area (Å²) < 4.78 is 61.7. The molecule has 2 rings (SSSR count). The molecule has 0 aliphatic rings. The standard InChI is InChI=1S/C12H9BrF3N3O2S/c13-9-2-1-3-10(6-9)22(20,21)19-18-11-5-4-8(7-17-11)12(14,15)16/h1-7,19H,(H,17,18). The molecule has 0 unspecified atom stereocenters. The predicted molar refractivity (Wildman–Crippen MR) is 77.3 cm³/mol. The highest BCUT2D eigenvalue weighted by atomic mass is 79.9. The first-order chi connectivity index (χ1) is 10.2. The van der Waals surface area contributed by atoms with E-state index in [0.717, 1.165) is 12.1 Å². The number of aromatic nitrogens is 1. The number of anilines is 1. The van der Waals surface area contributed by atoms with Crippen LogP contribution in [0.3, 0.4) is 0 Å². The topological polar surface area (TPSA) is 71.1 Å². The Morgan fingerprint density at radius 1 is 1.14 bits per heavy atom. The van der Waals surface area contributed by atoms with Gasteiger partial charge in [0.15, 0.2) is 0 Å². The van der Waals surface area contributed by atoms with Crippen LogP contribution in [-0.2, 0) is 16.2 Å². The Kier molecular flexibility index (Phi) is 4.73. The molecule has 0 bridgehead atoms. The summed E-state index contributed by atoms with van der Waals surface area (Å²) in [5, 5.41) is 0. The molecular formula is C12H9BrF3N3O2S. The molecule has 2 N–H and O–H groups in total. The van der Waals surface area contributed by atoms with Gasteiger partial charge in [0.05, 0.1) is 10.5 Å². The third-order valence-electron chi connectivity index (χ3n) is 2.51. The van der Waals surface area contributed by atoms with E-state index < -0.39 is 21.8 Å². The van der Waals surface area contributed by atoms with Gasteiger partial charge in [-0.05, 0) is 30.3 Å². The van der Waals surface area contributed by atoms with Crippen LogP contribution in [0.4, 0.5) is 19.0 Å². The number of hydrogen-bond donors (Lipinski definition) is 2. The average molecular weight is 396 g/mol. The number of halogens is 4. The molecule has 0 saturated carbocycles. The van der Waals surface area contributed by atoms with Crippen molar-refractivity contribution in [3.05, 3.63) is 52.6 Å². The number of rotatable bonds is 4. The molecule has 0 atom stereocenters. The van der Waals surface area contributed by atoms with Crippen molar-refractivity contribution >= 4 is 31.8 Å². The smallest absolute Gasteiger partial charge is 0.292 e. The molecule has 22 heavy (non-hydrogen) atoms. The second-order valence-corrected chi connectivity index (χ2v) is 6.72. The maximum Gasteiger partial charge on any atom is 0.417 e. The minimum Gasteiger partial charge on any atom is -0.292 e. The van der Waals surface area contributed by atoms with Crippen LogP contribution in [0, 0.1) is 0 Å². The molecule has 0 aliphatic carbocycles. The Hall–Kier alpha value is -1.65. The van der Waals surface area contributed by atoms with Gasteiger partial charge in [-0.2, -0.15) is 13.2 Å². The number of hydrogen-bond acceptors (Lipinski definition) is 4. The van der Waals surface area contributed by atoms with E-state index in [4.69, 9.17) is 0 Å². The average Bonchev–Trinajstić information content (AvgIpc) is 2.45. The van der Waals surface area contributed by atoms with E-state index in [-0.39, 0.29) is 10.7 Å². The zero-order chi connectivity index (χ0) is 16.4. The van der Waals surface area contributed by atoms with Crippen molar-refractivity contribution in [2.45, 2.75) is 11.1 Å². The Morgan fingerprint density at radius 2 is 1.86 bits per heavy atom. The van der Waals surface area contributed by atoms with Gasteiger partial charge in [0, 0.05) is 10.7 Å². The van der Waals surface area contributed by atoms with Crippen molar-refractivity contribution in [3.63, 3.8) is 0 Å². The first-order valence-electron chi connectivity index (χ1n) is 5.75. The molecule has 1 aromatic heterocycles. The molecule has 2 aromatic rings. The summed E-state index contributed by atoms with van der Waals surface area (Å²) in [6, 6.07) is 7.76. The first kappa shape index (κ1) is 16.7. The molecule has 10 heteroatoms. The van der Waals surface area contributed by atoms with Gasteiger partial charge in [-0.15, -0.1) is 4.83 Å². The third kappa shape index (κ3) is 4.18. The van der Waals surface area contributed by atoms with Crippen molar-refractivity contribution < 1.29 is 21.6 Å². The highest BCUT2D eigenvalue weighted by molar-refractivity contribution is 9.10. The fourth-order valence-corrected chi connectivity index (χ4v) is 2.90. The van der Waals surface area contributed by atoms with Gasteiger partial charge < -0.3 is 0 Å². The lowest BCUT2D eigenvalue weighted by Gasteiger charge is -2.10. The summed E-state index contributed by atoms with van der Waals surface area (Å²) in [7, 11) is -3.87.